The van der Waals surface area contributed by atoms with Crippen LogP contribution in [0, 0.1) is 0 Å². The molecule has 2 heterocycles. The van der Waals surface area contributed by atoms with Gasteiger partial charge in [-0.3, -0.25) is 0 Å². The molecule has 11 aromatic rings. The van der Waals surface area contributed by atoms with E-state index in [9.17, 15) is 0 Å². The normalized spacial score (nSPS) is 13.0. The van der Waals surface area contributed by atoms with E-state index in [1.165, 1.54) is 49.7 Å². The fourth-order valence-electron chi connectivity index (χ4n) is 9.97. The number of nitrogens with zero attached hydrogens (tertiary/aromatic N) is 2. The SMILES string of the molecule is CC1(C)c2ccccc2-c2ccc(N(c3ccccc3)c3ccc4c5c(-c6ccccc6)c6c(cc5n(-c5ccc(-c7ccccc7)cc5)c4c3)oc3ccccc36)cc21. The van der Waals surface area contributed by atoms with Crippen LogP contribution in [0.15, 0.2) is 211 Å². The van der Waals surface area contributed by atoms with E-state index in [1.54, 1.807) is 0 Å². The number of hydrogen-bond acceptors (Lipinski definition) is 2. The number of anilines is 3. The Morgan fingerprint density at radius 2 is 1.03 bits per heavy atom. The Morgan fingerprint density at radius 1 is 0.417 bits per heavy atom. The first-order valence-corrected chi connectivity index (χ1v) is 20.8. The summed E-state index contributed by atoms with van der Waals surface area (Å²) in [5.41, 5.74) is 18.4. The Hall–Kier alpha value is -7.62. The van der Waals surface area contributed by atoms with E-state index in [1.807, 2.05) is 0 Å². The molecule has 9 aromatic carbocycles. The lowest BCUT2D eigenvalue weighted by Gasteiger charge is -2.28. The predicted octanol–water partition coefficient (Wildman–Crippen LogP) is 15.8. The molecule has 3 heteroatoms. The zero-order valence-corrected chi connectivity index (χ0v) is 33.4. The van der Waals surface area contributed by atoms with Gasteiger partial charge in [-0.25, -0.2) is 0 Å². The van der Waals surface area contributed by atoms with Gasteiger partial charge in [-0.2, -0.15) is 0 Å². The highest BCUT2D eigenvalue weighted by Crippen LogP contribution is 2.52. The molecule has 284 valence electrons. The van der Waals surface area contributed by atoms with Gasteiger partial charge in [0.2, 0.25) is 0 Å². The Balaban J connectivity index is 1.15. The van der Waals surface area contributed by atoms with E-state index < -0.39 is 0 Å². The summed E-state index contributed by atoms with van der Waals surface area (Å²) in [5, 5.41) is 4.65. The molecule has 2 aromatic heterocycles. The van der Waals surface area contributed by atoms with E-state index >= 15 is 0 Å². The van der Waals surface area contributed by atoms with Crippen LogP contribution in [0.5, 0.6) is 0 Å². The molecule has 0 unspecified atom stereocenters. The number of rotatable bonds is 6. The van der Waals surface area contributed by atoms with Crippen LogP contribution in [0.2, 0.25) is 0 Å². The van der Waals surface area contributed by atoms with Crippen LogP contribution in [-0.2, 0) is 5.41 Å². The van der Waals surface area contributed by atoms with Crippen molar-refractivity contribution in [2.45, 2.75) is 19.3 Å². The van der Waals surface area contributed by atoms with Crippen molar-refractivity contribution in [3.8, 4) is 39.1 Å². The lowest BCUT2D eigenvalue weighted by molar-refractivity contribution is 0.660. The number of hydrogen-bond donors (Lipinski definition) is 0. The maximum Gasteiger partial charge on any atom is 0.138 e. The second-order valence-electron chi connectivity index (χ2n) is 16.5. The third-order valence-electron chi connectivity index (χ3n) is 12.8. The standard InChI is InChI=1S/C57H40N2O/c1-57(2)48-24-14-12-22-44(48)45-32-30-42(34-49(45)57)58(40-20-10-5-11-21-40)43-31-33-46-50(35-43)59(41-28-26-38(27-29-41)37-16-6-3-7-17-37)51-36-53-56(47-23-13-15-25-52(47)60-53)54(55(46)51)39-18-8-4-9-19-39/h3-36H,1-2H3. The lowest BCUT2D eigenvalue weighted by atomic mass is 9.82. The van der Waals surface area contributed by atoms with Crippen molar-refractivity contribution in [2.24, 2.45) is 0 Å². The fourth-order valence-corrected chi connectivity index (χ4v) is 9.97. The van der Waals surface area contributed by atoms with Gasteiger partial charge in [0.15, 0.2) is 0 Å². The summed E-state index contributed by atoms with van der Waals surface area (Å²) in [4.78, 5) is 2.41. The average Bonchev–Trinajstić information content (AvgIpc) is 3.91. The first-order valence-electron chi connectivity index (χ1n) is 20.8. The molecule has 1 aliphatic carbocycles. The van der Waals surface area contributed by atoms with Gasteiger partial charge in [-0.15, -0.1) is 0 Å². The maximum atomic E-state index is 6.72. The third-order valence-corrected chi connectivity index (χ3v) is 12.8. The average molecular weight is 769 g/mol. The molecular weight excluding hydrogens is 729 g/mol. The molecule has 0 radical (unpaired) electrons. The van der Waals surface area contributed by atoms with Gasteiger partial charge >= 0.3 is 0 Å². The first-order chi connectivity index (χ1) is 29.5. The summed E-state index contributed by atoms with van der Waals surface area (Å²) in [6.45, 7) is 4.71. The molecule has 0 N–H and O–H groups in total. The van der Waals surface area contributed by atoms with Gasteiger partial charge in [0.1, 0.15) is 11.2 Å². The summed E-state index contributed by atoms with van der Waals surface area (Å²) < 4.78 is 9.16. The van der Waals surface area contributed by atoms with Crippen LogP contribution in [0.4, 0.5) is 17.1 Å². The van der Waals surface area contributed by atoms with Gasteiger partial charge in [-0.1, -0.05) is 159 Å². The Labute approximate surface area is 349 Å². The highest BCUT2D eigenvalue weighted by molar-refractivity contribution is 6.27. The molecule has 12 rings (SSSR count). The van der Waals surface area contributed by atoms with Gasteiger partial charge in [0.05, 0.1) is 11.0 Å². The van der Waals surface area contributed by atoms with E-state index in [2.05, 4.69) is 230 Å². The quantitative estimate of drug-likeness (QED) is 0.168. The van der Waals surface area contributed by atoms with Gasteiger partial charge in [0.25, 0.3) is 0 Å². The predicted molar refractivity (Wildman–Crippen MR) is 251 cm³/mol. The van der Waals surface area contributed by atoms with Crippen molar-refractivity contribution in [3.63, 3.8) is 0 Å². The number of para-hydroxylation sites is 2. The molecule has 0 spiro atoms. The van der Waals surface area contributed by atoms with Gasteiger partial charge in [0, 0.05) is 61.3 Å². The minimum atomic E-state index is -0.123. The van der Waals surface area contributed by atoms with Crippen LogP contribution >= 0.6 is 0 Å². The Morgan fingerprint density at radius 3 is 1.82 bits per heavy atom. The summed E-state index contributed by atoms with van der Waals surface area (Å²) in [6, 6.07) is 74.8. The van der Waals surface area contributed by atoms with Crippen molar-refractivity contribution < 1.29 is 4.42 Å². The molecular formula is C57H40N2O. The van der Waals surface area contributed by atoms with Crippen LogP contribution < -0.4 is 4.90 Å². The molecule has 1 aliphatic rings. The van der Waals surface area contributed by atoms with Crippen LogP contribution in [-0.4, -0.2) is 4.57 Å². The van der Waals surface area contributed by atoms with Crippen molar-refractivity contribution in [1.29, 1.82) is 0 Å². The summed E-state index contributed by atoms with van der Waals surface area (Å²) >= 11 is 0. The largest absolute Gasteiger partial charge is 0.456 e. The fraction of sp³-hybridized carbons (Fsp3) is 0.0526. The summed E-state index contributed by atoms with van der Waals surface area (Å²) in [6.07, 6.45) is 0. The second-order valence-corrected chi connectivity index (χ2v) is 16.5. The Kier molecular flexibility index (Phi) is 7.58. The van der Waals surface area contributed by atoms with E-state index in [0.717, 1.165) is 61.3 Å². The summed E-state index contributed by atoms with van der Waals surface area (Å²) in [7, 11) is 0. The smallest absolute Gasteiger partial charge is 0.138 e. The highest BCUT2D eigenvalue weighted by Gasteiger charge is 2.36. The zero-order valence-electron chi connectivity index (χ0n) is 33.4. The summed E-state index contributed by atoms with van der Waals surface area (Å²) in [5.74, 6) is 0. The van der Waals surface area contributed by atoms with Gasteiger partial charge < -0.3 is 13.9 Å². The van der Waals surface area contributed by atoms with E-state index in [0.29, 0.717) is 0 Å². The first kappa shape index (κ1) is 34.4. The molecule has 0 atom stereocenters. The maximum absolute atomic E-state index is 6.72. The minimum Gasteiger partial charge on any atom is -0.456 e. The molecule has 0 amide bonds. The van der Waals surface area contributed by atoms with Crippen LogP contribution in [0.25, 0.3) is 82.8 Å². The molecule has 3 nitrogen and oxygen atoms in total. The highest BCUT2D eigenvalue weighted by atomic mass is 16.3. The third kappa shape index (κ3) is 5.15. The molecule has 0 saturated heterocycles. The second kappa shape index (κ2) is 13.2. The Bertz CT molecular complexity index is 3430. The topological polar surface area (TPSA) is 21.3 Å². The molecule has 60 heavy (non-hydrogen) atoms. The number of furan rings is 1. The number of fused-ring (bicyclic) bond motifs is 9. The van der Waals surface area contributed by atoms with Crippen molar-refractivity contribution in [1.82, 2.24) is 4.57 Å². The van der Waals surface area contributed by atoms with E-state index in [-0.39, 0.29) is 5.41 Å². The van der Waals surface area contributed by atoms with E-state index in [4.69, 9.17) is 4.42 Å². The molecule has 0 aliphatic heterocycles. The minimum absolute atomic E-state index is 0.123. The van der Waals surface area contributed by atoms with Crippen molar-refractivity contribution >= 4 is 60.8 Å². The van der Waals surface area contributed by atoms with Crippen LogP contribution in [0.3, 0.4) is 0 Å². The molecule has 0 saturated carbocycles. The van der Waals surface area contributed by atoms with Crippen molar-refractivity contribution in [2.75, 3.05) is 4.90 Å². The molecule has 0 bridgehead atoms. The number of benzene rings is 9. The van der Waals surface area contributed by atoms with Crippen molar-refractivity contribution in [3.05, 3.63) is 217 Å². The monoisotopic (exact) mass is 768 g/mol. The van der Waals surface area contributed by atoms with Crippen LogP contribution in [0.1, 0.15) is 25.0 Å². The zero-order chi connectivity index (χ0) is 40.0. The lowest BCUT2D eigenvalue weighted by Crippen LogP contribution is -2.16. The van der Waals surface area contributed by atoms with Gasteiger partial charge in [-0.05, 0) is 93.5 Å². The molecule has 0 fully saturated rings. The number of aromatic nitrogens is 1.